The van der Waals surface area contributed by atoms with Gasteiger partial charge in [0, 0.05) is 24.6 Å². The summed E-state index contributed by atoms with van der Waals surface area (Å²) in [7, 11) is 5.14. The van der Waals surface area contributed by atoms with Gasteiger partial charge in [0.15, 0.2) is 11.5 Å². The van der Waals surface area contributed by atoms with Gasteiger partial charge in [-0.25, -0.2) is 0 Å². The topological polar surface area (TPSA) is 39.7 Å². The van der Waals surface area contributed by atoms with Crippen LogP contribution in [0.1, 0.15) is 24.8 Å². The van der Waals surface area contributed by atoms with Gasteiger partial charge in [-0.2, -0.15) is 0 Å². The van der Waals surface area contributed by atoms with Gasteiger partial charge in [0.05, 0.1) is 20.3 Å². The molecule has 0 aromatic heterocycles. The van der Waals surface area contributed by atoms with Gasteiger partial charge in [-0.1, -0.05) is 0 Å². The molecule has 1 N–H and O–H groups in total. The zero-order valence-corrected chi connectivity index (χ0v) is 14.1. The molecule has 0 saturated heterocycles. The van der Waals surface area contributed by atoms with Crippen molar-refractivity contribution in [2.24, 2.45) is 0 Å². The van der Waals surface area contributed by atoms with Crippen LogP contribution in [0.15, 0.2) is 17.0 Å². The smallest absolute Gasteiger partial charge is 0.161 e. The highest BCUT2D eigenvalue weighted by molar-refractivity contribution is 7.98. The number of hydrogen-bond acceptors (Lipinski definition) is 5. The van der Waals surface area contributed by atoms with E-state index in [0.717, 1.165) is 24.5 Å². The largest absolute Gasteiger partial charge is 0.493 e. The molecular weight excluding hydrogens is 286 g/mol. The quantitative estimate of drug-likeness (QED) is 0.784. The van der Waals surface area contributed by atoms with E-state index >= 15 is 0 Å². The molecule has 1 aliphatic carbocycles. The van der Waals surface area contributed by atoms with Crippen LogP contribution in [0.25, 0.3) is 0 Å². The molecule has 0 bridgehead atoms. The number of rotatable bonds is 7. The van der Waals surface area contributed by atoms with Gasteiger partial charge >= 0.3 is 0 Å². The summed E-state index contributed by atoms with van der Waals surface area (Å²) in [5, 5.41) is 3.63. The fraction of sp³-hybridized carbons (Fsp3) is 0.625. The van der Waals surface area contributed by atoms with E-state index in [1.807, 2.05) is 6.07 Å². The Balaban J connectivity index is 2.11. The van der Waals surface area contributed by atoms with E-state index in [9.17, 15) is 0 Å². The van der Waals surface area contributed by atoms with Crippen LogP contribution in [-0.4, -0.2) is 39.7 Å². The minimum atomic E-state index is 0.336. The van der Waals surface area contributed by atoms with E-state index in [-0.39, 0.29) is 0 Å². The van der Waals surface area contributed by atoms with Crippen LogP contribution in [-0.2, 0) is 11.3 Å². The van der Waals surface area contributed by atoms with Crippen LogP contribution < -0.4 is 14.8 Å². The van der Waals surface area contributed by atoms with Gasteiger partial charge in [0.1, 0.15) is 0 Å². The van der Waals surface area contributed by atoms with Crippen LogP contribution in [0.3, 0.4) is 0 Å². The average Bonchev–Trinajstić information content (AvgIpc) is 2.99. The van der Waals surface area contributed by atoms with E-state index in [1.54, 1.807) is 33.1 Å². The summed E-state index contributed by atoms with van der Waals surface area (Å²) in [6, 6.07) is 4.55. The van der Waals surface area contributed by atoms with Gasteiger partial charge in [0.2, 0.25) is 0 Å². The zero-order valence-electron chi connectivity index (χ0n) is 13.3. The Morgan fingerprint density at radius 1 is 1.14 bits per heavy atom. The molecular formula is C16H25NO3S. The molecule has 4 nitrogen and oxygen atoms in total. The SMILES string of the molecule is COc1cc(CNC2CCCC2OC)c(SC)cc1OC. The zero-order chi connectivity index (χ0) is 15.2. The first kappa shape index (κ1) is 16.5. The summed E-state index contributed by atoms with van der Waals surface area (Å²) in [5.41, 5.74) is 1.24. The lowest BCUT2D eigenvalue weighted by Crippen LogP contribution is -2.36. The monoisotopic (exact) mass is 311 g/mol. The molecule has 0 radical (unpaired) electrons. The standard InChI is InChI=1S/C16H25NO3S/c1-18-13-7-5-6-12(13)17-10-11-8-14(19-2)15(20-3)9-16(11)21-4/h8-9,12-13,17H,5-7,10H2,1-4H3. The summed E-state index contributed by atoms with van der Waals surface area (Å²) in [5.74, 6) is 1.56. The van der Waals surface area contributed by atoms with Gasteiger partial charge in [-0.3, -0.25) is 0 Å². The summed E-state index contributed by atoms with van der Waals surface area (Å²) >= 11 is 1.73. The third-order valence-corrected chi connectivity index (χ3v) is 4.92. The maximum Gasteiger partial charge on any atom is 0.161 e. The fourth-order valence-corrected chi connectivity index (χ4v) is 3.53. The minimum absolute atomic E-state index is 0.336. The van der Waals surface area contributed by atoms with Crippen molar-refractivity contribution in [2.45, 2.75) is 42.8 Å². The average molecular weight is 311 g/mol. The van der Waals surface area contributed by atoms with Crippen molar-refractivity contribution in [3.05, 3.63) is 17.7 Å². The van der Waals surface area contributed by atoms with E-state index in [4.69, 9.17) is 14.2 Å². The highest BCUT2D eigenvalue weighted by Gasteiger charge is 2.26. The predicted octanol–water partition coefficient (Wildman–Crippen LogP) is 3.08. The summed E-state index contributed by atoms with van der Waals surface area (Å²) < 4.78 is 16.3. The normalized spacial score (nSPS) is 21.5. The number of methoxy groups -OCH3 is 3. The molecule has 0 amide bonds. The first-order valence-corrected chi connectivity index (χ1v) is 8.51. The van der Waals surface area contributed by atoms with E-state index in [0.29, 0.717) is 12.1 Å². The summed E-state index contributed by atoms with van der Waals surface area (Å²) in [6.45, 7) is 0.820. The second-order valence-electron chi connectivity index (χ2n) is 5.21. The van der Waals surface area contributed by atoms with Crippen molar-refractivity contribution in [3.63, 3.8) is 0 Å². The molecule has 2 rings (SSSR count). The van der Waals surface area contributed by atoms with Crippen molar-refractivity contribution in [2.75, 3.05) is 27.6 Å². The second-order valence-corrected chi connectivity index (χ2v) is 6.06. The molecule has 2 unspecified atom stereocenters. The molecule has 2 atom stereocenters. The predicted molar refractivity (Wildman–Crippen MR) is 86.6 cm³/mol. The van der Waals surface area contributed by atoms with Crippen LogP contribution in [0.5, 0.6) is 11.5 Å². The lowest BCUT2D eigenvalue weighted by Gasteiger charge is -2.21. The van der Waals surface area contributed by atoms with Gasteiger partial charge in [0.25, 0.3) is 0 Å². The van der Waals surface area contributed by atoms with Crippen molar-refractivity contribution in [1.82, 2.24) is 5.32 Å². The molecule has 21 heavy (non-hydrogen) atoms. The van der Waals surface area contributed by atoms with Crippen molar-refractivity contribution in [3.8, 4) is 11.5 Å². The second kappa shape index (κ2) is 7.92. The Labute approximate surface area is 131 Å². The number of benzene rings is 1. The Morgan fingerprint density at radius 2 is 1.86 bits per heavy atom. The molecule has 1 aromatic carbocycles. The van der Waals surface area contributed by atoms with Gasteiger partial charge in [-0.15, -0.1) is 11.8 Å². The highest BCUT2D eigenvalue weighted by Crippen LogP contribution is 2.34. The van der Waals surface area contributed by atoms with E-state index < -0.39 is 0 Å². The van der Waals surface area contributed by atoms with Gasteiger partial charge < -0.3 is 19.5 Å². The van der Waals surface area contributed by atoms with Crippen LogP contribution in [0.4, 0.5) is 0 Å². The number of nitrogens with one attached hydrogen (secondary N) is 1. The first-order chi connectivity index (χ1) is 10.2. The molecule has 0 heterocycles. The highest BCUT2D eigenvalue weighted by atomic mass is 32.2. The minimum Gasteiger partial charge on any atom is -0.493 e. The molecule has 118 valence electrons. The number of thioether (sulfide) groups is 1. The third kappa shape index (κ3) is 3.84. The van der Waals surface area contributed by atoms with Crippen LogP contribution >= 0.6 is 11.8 Å². The summed E-state index contributed by atoms with van der Waals surface area (Å²) in [6.07, 6.45) is 5.98. The van der Waals surface area contributed by atoms with Gasteiger partial charge in [-0.05, 0) is 43.2 Å². The van der Waals surface area contributed by atoms with E-state index in [1.165, 1.54) is 23.3 Å². The molecule has 1 saturated carbocycles. The molecule has 0 spiro atoms. The molecule has 1 aliphatic rings. The lowest BCUT2D eigenvalue weighted by molar-refractivity contribution is 0.0846. The maximum atomic E-state index is 5.54. The van der Waals surface area contributed by atoms with E-state index in [2.05, 4.69) is 17.6 Å². The van der Waals surface area contributed by atoms with Crippen LogP contribution in [0, 0.1) is 0 Å². The third-order valence-electron chi connectivity index (χ3n) is 4.10. The number of ether oxygens (including phenoxy) is 3. The molecule has 0 aliphatic heterocycles. The Kier molecular flexibility index (Phi) is 6.21. The molecule has 5 heteroatoms. The lowest BCUT2D eigenvalue weighted by atomic mass is 10.1. The summed E-state index contributed by atoms with van der Waals surface area (Å²) in [4.78, 5) is 1.21. The van der Waals surface area contributed by atoms with Crippen molar-refractivity contribution >= 4 is 11.8 Å². The van der Waals surface area contributed by atoms with Crippen molar-refractivity contribution < 1.29 is 14.2 Å². The maximum absolute atomic E-state index is 5.54. The fourth-order valence-electron chi connectivity index (χ4n) is 2.91. The molecule has 1 aromatic rings. The Bertz CT molecular complexity index is 467. The number of hydrogen-bond donors (Lipinski definition) is 1. The first-order valence-electron chi connectivity index (χ1n) is 7.28. The van der Waals surface area contributed by atoms with Crippen molar-refractivity contribution in [1.29, 1.82) is 0 Å². The Morgan fingerprint density at radius 3 is 2.48 bits per heavy atom. The van der Waals surface area contributed by atoms with Crippen LogP contribution in [0.2, 0.25) is 0 Å². The molecule has 1 fully saturated rings. The Hall–Kier alpha value is -0.910.